The molecular weight excluding hydrogens is 405 g/mol. The number of methoxy groups -OCH3 is 2. The van der Waals surface area contributed by atoms with Crippen LogP contribution in [0.25, 0.3) is 5.57 Å². The van der Waals surface area contributed by atoms with Gasteiger partial charge in [0.1, 0.15) is 0 Å². The molecule has 2 aromatic carbocycles. The Labute approximate surface area is 172 Å². The van der Waals surface area contributed by atoms with Gasteiger partial charge in [0, 0.05) is 18.2 Å². The van der Waals surface area contributed by atoms with E-state index in [-0.39, 0.29) is 17.0 Å². The number of carboxylic acid groups (broad SMARTS) is 1. The van der Waals surface area contributed by atoms with Crippen LogP contribution in [0.1, 0.15) is 29.3 Å². The van der Waals surface area contributed by atoms with Crippen molar-refractivity contribution >= 4 is 46.3 Å². The number of rotatable bonds is 7. The number of benzene rings is 2. The average molecular weight is 424 g/mol. The highest BCUT2D eigenvalue weighted by Gasteiger charge is 2.18. The summed E-state index contributed by atoms with van der Waals surface area (Å²) in [5.74, 6) is -1.15. The van der Waals surface area contributed by atoms with Gasteiger partial charge in [-0.25, -0.2) is 4.79 Å². The first-order valence-corrected chi connectivity index (χ1v) is 9.02. The minimum absolute atomic E-state index is 0.0935. The number of hydrogen-bond donors (Lipinski definition) is 2. The molecule has 0 aliphatic heterocycles. The molecule has 6 nitrogen and oxygen atoms in total. The fourth-order valence-corrected chi connectivity index (χ4v) is 2.87. The topological polar surface area (TPSA) is 84.9 Å². The van der Waals surface area contributed by atoms with Gasteiger partial charge in [-0.15, -0.1) is 0 Å². The lowest BCUT2D eigenvalue weighted by atomic mass is 10.0. The van der Waals surface area contributed by atoms with Gasteiger partial charge >= 0.3 is 5.97 Å². The Morgan fingerprint density at radius 2 is 1.71 bits per heavy atom. The van der Waals surface area contributed by atoms with Gasteiger partial charge in [0.05, 0.1) is 35.5 Å². The zero-order valence-electron chi connectivity index (χ0n) is 15.5. The zero-order valence-corrected chi connectivity index (χ0v) is 17.0. The maximum Gasteiger partial charge on any atom is 0.337 e. The number of halogens is 2. The summed E-state index contributed by atoms with van der Waals surface area (Å²) in [5.41, 5.74) is 1.44. The minimum atomic E-state index is -1.21. The summed E-state index contributed by atoms with van der Waals surface area (Å²) in [7, 11) is 2.82. The van der Waals surface area contributed by atoms with Crippen LogP contribution in [-0.4, -0.2) is 31.2 Å². The fourth-order valence-electron chi connectivity index (χ4n) is 2.57. The van der Waals surface area contributed by atoms with Crippen molar-refractivity contribution in [3.8, 4) is 11.5 Å². The van der Waals surface area contributed by atoms with E-state index < -0.39 is 11.9 Å². The molecule has 0 saturated carbocycles. The van der Waals surface area contributed by atoms with Crippen LogP contribution in [0.3, 0.4) is 0 Å². The first-order valence-electron chi connectivity index (χ1n) is 8.27. The third-order valence-corrected chi connectivity index (χ3v) is 4.73. The summed E-state index contributed by atoms with van der Waals surface area (Å²) in [4.78, 5) is 24.1. The molecule has 0 saturated heterocycles. The highest BCUT2D eigenvalue weighted by atomic mass is 35.5. The summed E-state index contributed by atoms with van der Waals surface area (Å²) in [6, 6.07) is 7.78. The Balaban J connectivity index is 2.38. The summed E-state index contributed by atoms with van der Waals surface area (Å²) < 4.78 is 10.3. The third kappa shape index (κ3) is 4.97. The van der Waals surface area contributed by atoms with E-state index in [0.717, 1.165) is 5.56 Å². The quantitative estimate of drug-likeness (QED) is 0.602. The smallest absolute Gasteiger partial charge is 0.337 e. The van der Waals surface area contributed by atoms with Crippen molar-refractivity contribution in [3.05, 3.63) is 57.6 Å². The lowest BCUT2D eigenvalue weighted by Gasteiger charge is -2.13. The van der Waals surface area contributed by atoms with E-state index in [2.05, 4.69) is 5.32 Å². The van der Waals surface area contributed by atoms with Crippen molar-refractivity contribution in [1.82, 2.24) is 0 Å². The van der Waals surface area contributed by atoms with Gasteiger partial charge in [0.15, 0.2) is 11.5 Å². The molecule has 0 heterocycles. The van der Waals surface area contributed by atoms with Crippen LogP contribution in [0.2, 0.25) is 10.0 Å². The van der Waals surface area contributed by atoms with E-state index in [0.29, 0.717) is 27.8 Å². The molecule has 1 amide bonds. The van der Waals surface area contributed by atoms with Crippen molar-refractivity contribution in [1.29, 1.82) is 0 Å². The highest BCUT2D eigenvalue weighted by molar-refractivity contribution is 6.42. The van der Waals surface area contributed by atoms with E-state index in [4.69, 9.17) is 32.7 Å². The molecule has 0 radical (unpaired) electrons. The number of aromatic carboxylic acids is 1. The Morgan fingerprint density at radius 3 is 2.25 bits per heavy atom. The number of carbonyl (C=O) groups is 2. The molecule has 0 unspecified atom stereocenters. The summed E-state index contributed by atoms with van der Waals surface area (Å²) in [5, 5.41) is 12.8. The predicted molar refractivity (Wildman–Crippen MR) is 110 cm³/mol. The van der Waals surface area contributed by atoms with E-state index in [1.807, 2.05) is 6.92 Å². The van der Waals surface area contributed by atoms with E-state index in [1.165, 1.54) is 32.4 Å². The van der Waals surface area contributed by atoms with Crippen LogP contribution in [0.15, 0.2) is 36.4 Å². The lowest BCUT2D eigenvalue weighted by Crippen LogP contribution is -2.13. The number of nitrogens with one attached hydrogen (secondary N) is 1. The Hall–Kier alpha value is -2.70. The number of carbonyl (C=O) groups excluding carboxylic acids is 1. The van der Waals surface area contributed by atoms with Crippen LogP contribution in [-0.2, 0) is 4.79 Å². The molecule has 148 valence electrons. The maximum absolute atomic E-state index is 12.5. The minimum Gasteiger partial charge on any atom is -0.493 e. The van der Waals surface area contributed by atoms with Crippen molar-refractivity contribution < 1.29 is 24.2 Å². The molecule has 0 atom stereocenters. The summed E-state index contributed by atoms with van der Waals surface area (Å²) in [6.07, 6.45) is 1.95. The Morgan fingerprint density at radius 1 is 1.07 bits per heavy atom. The SMILES string of the molecule is CC/C(=C/C(=O)Nc1cc(OC)c(OC)cc1C(=O)O)c1ccc(Cl)c(Cl)c1. The Kier molecular flexibility index (Phi) is 7.31. The van der Waals surface area contributed by atoms with Crippen molar-refractivity contribution in [2.24, 2.45) is 0 Å². The first kappa shape index (κ1) is 21.6. The number of ether oxygens (including phenoxy) is 2. The maximum atomic E-state index is 12.5. The van der Waals surface area contributed by atoms with Gasteiger partial charge in [-0.2, -0.15) is 0 Å². The second-order valence-electron chi connectivity index (χ2n) is 5.70. The van der Waals surface area contributed by atoms with Crippen molar-refractivity contribution in [3.63, 3.8) is 0 Å². The molecule has 0 bridgehead atoms. The zero-order chi connectivity index (χ0) is 20.8. The van der Waals surface area contributed by atoms with Gasteiger partial charge in [-0.1, -0.05) is 36.2 Å². The second-order valence-corrected chi connectivity index (χ2v) is 6.51. The average Bonchev–Trinajstić information content (AvgIpc) is 2.67. The number of carboxylic acids is 1. The van der Waals surface area contributed by atoms with Gasteiger partial charge in [-0.05, 0) is 29.7 Å². The molecule has 0 aromatic heterocycles. The lowest BCUT2D eigenvalue weighted by molar-refractivity contribution is -0.111. The van der Waals surface area contributed by atoms with Crippen LogP contribution < -0.4 is 14.8 Å². The normalized spacial score (nSPS) is 11.1. The summed E-state index contributed by atoms with van der Waals surface area (Å²) in [6.45, 7) is 1.89. The van der Waals surface area contributed by atoms with Crippen LogP contribution in [0.5, 0.6) is 11.5 Å². The summed E-state index contributed by atoms with van der Waals surface area (Å²) >= 11 is 12.0. The molecule has 2 rings (SSSR count). The monoisotopic (exact) mass is 423 g/mol. The van der Waals surface area contributed by atoms with Crippen LogP contribution >= 0.6 is 23.2 Å². The van der Waals surface area contributed by atoms with E-state index in [9.17, 15) is 14.7 Å². The van der Waals surface area contributed by atoms with Crippen LogP contribution in [0, 0.1) is 0 Å². The van der Waals surface area contributed by atoms with Gasteiger partial charge < -0.3 is 19.9 Å². The van der Waals surface area contributed by atoms with Crippen molar-refractivity contribution in [2.75, 3.05) is 19.5 Å². The predicted octanol–water partition coefficient (Wildman–Crippen LogP) is 5.14. The number of anilines is 1. The van der Waals surface area contributed by atoms with Crippen molar-refractivity contribution in [2.45, 2.75) is 13.3 Å². The largest absolute Gasteiger partial charge is 0.493 e. The molecule has 2 aromatic rings. The molecule has 0 fully saturated rings. The second kappa shape index (κ2) is 9.48. The number of hydrogen-bond acceptors (Lipinski definition) is 4. The molecule has 0 aliphatic rings. The van der Waals surface area contributed by atoms with Gasteiger partial charge in [0.2, 0.25) is 5.91 Å². The third-order valence-electron chi connectivity index (χ3n) is 3.99. The fraction of sp³-hybridized carbons (Fsp3) is 0.200. The van der Waals surface area contributed by atoms with Gasteiger partial charge in [-0.3, -0.25) is 4.79 Å². The Bertz CT molecular complexity index is 940. The molecule has 0 spiro atoms. The van der Waals surface area contributed by atoms with Gasteiger partial charge in [0.25, 0.3) is 0 Å². The molecule has 8 heteroatoms. The number of allylic oxidation sites excluding steroid dienone is 1. The van der Waals surface area contributed by atoms with E-state index >= 15 is 0 Å². The standard InChI is InChI=1S/C20H19Cl2NO5/c1-4-11(12-5-6-14(21)15(22)7-12)8-19(24)23-16-10-18(28-3)17(27-2)9-13(16)20(25)26/h5-10H,4H2,1-3H3,(H,23,24)(H,25,26)/b11-8-. The van der Waals surface area contributed by atoms with E-state index in [1.54, 1.807) is 18.2 Å². The first-order chi connectivity index (χ1) is 13.3. The molecule has 0 aliphatic carbocycles. The number of amides is 1. The van der Waals surface area contributed by atoms with Crippen LogP contribution in [0.4, 0.5) is 5.69 Å². The highest BCUT2D eigenvalue weighted by Crippen LogP contribution is 2.34. The molecule has 2 N–H and O–H groups in total. The molecular formula is C20H19Cl2NO5. The molecule has 28 heavy (non-hydrogen) atoms.